The molecule has 86 valence electrons. The van der Waals surface area contributed by atoms with Crippen molar-refractivity contribution in [3.8, 4) is 0 Å². The number of rotatable bonds is 1. The van der Waals surface area contributed by atoms with Crippen LogP contribution in [-0.2, 0) is 0 Å². The molecule has 0 fully saturated rings. The zero-order valence-corrected chi connectivity index (χ0v) is 10.8. The van der Waals surface area contributed by atoms with Crippen molar-refractivity contribution in [2.24, 2.45) is 11.8 Å². The largest absolute Gasteiger partial charge is 0.318 e. The van der Waals surface area contributed by atoms with E-state index in [0.29, 0.717) is 17.9 Å². The fourth-order valence-electron chi connectivity index (χ4n) is 2.21. The van der Waals surface area contributed by atoms with E-state index in [9.17, 15) is 0 Å². The fourth-order valence-corrected chi connectivity index (χ4v) is 2.61. The van der Waals surface area contributed by atoms with Crippen molar-refractivity contribution in [2.45, 2.75) is 26.3 Å². The van der Waals surface area contributed by atoms with E-state index in [4.69, 9.17) is 0 Å². The van der Waals surface area contributed by atoms with Crippen LogP contribution in [0.15, 0.2) is 48.2 Å². The SMILES string of the molecule is CC(C)C1=CN(S)C2/C=C\C=C/C=CC2C1. The molecule has 0 amide bonds. The van der Waals surface area contributed by atoms with Crippen LogP contribution in [0.2, 0.25) is 0 Å². The van der Waals surface area contributed by atoms with E-state index in [1.54, 1.807) is 0 Å². The van der Waals surface area contributed by atoms with Crippen molar-refractivity contribution in [1.82, 2.24) is 4.31 Å². The van der Waals surface area contributed by atoms with E-state index in [2.05, 4.69) is 69.3 Å². The minimum atomic E-state index is 0.382. The zero-order chi connectivity index (χ0) is 11.5. The lowest BCUT2D eigenvalue weighted by molar-refractivity contribution is 0.368. The third-order valence-corrected chi connectivity index (χ3v) is 3.64. The quantitative estimate of drug-likeness (QED) is 0.675. The number of nitrogens with zero attached hydrogens (tertiary/aromatic N) is 1. The highest BCUT2D eigenvalue weighted by molar-refractivity contribution is 7.77. The molecule has 2 unspecified atom stereocenters. The summed E-state index contributed by atoms with van der Waals surface area (Å²) in [5.41, 5.74) is 1.49. The minimum absolute atomic E-state index is 0.382. The maximum atomic E-state index is 4.57. The van der Waals surface area contributed by atoms with E-state index in [0.717, 1.165) is 6.42 Å². The molecule has 1 aliphatic carbocycles. The summed E-state index contributed by atoms with van der Waals surface area (Å²) in [7, 11) is 0. The normalized spacial score (nSPS) is 32.8. The fraction of sp³-hybridized carbons (Fsp3) is 0.429. The molecule has 0 aromatic rings. The Morgan fingerprint density at radius 3 is 2.56 bits per heavy atom. The van der Waals surface area contributed by atoms with Gasteiger partial charge in [0.15, 0.2) is 0 Å². The first-order valence-electron chi connectivity index (χ1n) is 5.88. The Morgan fingerprint density at radius 2 is 1.88 bits per heavy atom. The van der Waals surface area contributed by atoms with Gasteiger partial charge >= 0.3 is 0 Å². The van der Waals surface area contributed by atoms with E-state index in [1.165, 1.54) is 5.57 Å². The molecular formula is C14H19NS. The van der Waals surface area contributed by atoms with Gasteiger partial charge in [0.05, 0.1) is 6.04 Å². The van der Waals surface area contributed by atoms with Crippen molar-refractivity contribution in [3.05, 3.63) is 48.2 Å². The van der Waals surface area contributed by atoms with Gasteiger partial charge < -0.3 is 4.31 Å². The van der Waals surface area contributed by atoms with Crippen LogP contribution in [0, 0.1) is 11.8 Å². The van der Waals surface area contributed by atoms with Gasteiger partial charge in [0.25, 0.3) is 0 Å². The minimum Gasteiger partial charge on any atom is -0.318 e. The molecule has 2 rings (SSSR count). The summed E-state index contributed by atoms with van der Waals surface area (Å²) in [4.78, 5) is 0. The van der Waals surface area contributed by atoms with E-state index >= 15 is 0 Å². The highest BCUT2D eigenvalue weighted by Crippen LogP contribution is 2.33. The Kier molecular flexibility index (Phi) is 3.59. The average Bonchev–Trinajstić information content (AvgIpc) is 2.19. The highest BCUT2D eigenvalue weighted by Gasteiger charge is 2.27. The summed E-state index contributed by atoms with van der Waals surface area (Å²) in [6, 6.07) is 0.382. The maximum absolute atomic E-state index is 4.57. The van der Waals surface area contributed by atoms with Gasteiger partial charge in [-0.25, -0.2) is 0 Å². The first-order valence-corrected chi connectivity index (χ1v) is 6.28. The molecule has 1 aliphatic heterocycles. The van der Waals surface area contributed by atoms with Crippen LogP contribution in [0.5, 0.6) is 0 Å². The van der Waals surface area contributed by atoms with E-state index in [-0.39, 0.29) is 0 Å². The Bertz CT molecular complexity index is 363. The first kappa shape index (κ1) is 11.6. The molecule has 0 saturated carbocycles. The van der Waals surface area contributed by atoms with E-state index < -0.39 is 0 Å². The molecule has 0 saturated heterocycles. The number of allylic oxidation sites excluding steroid dienone is 5. The van der Waals surface area contributed by atoms with Gasteiger partial charge in [-0.1, -0.05) is 68.7 Å². The van der Waals surface area contributed by atoms with Gasteiger partial charge in [-0.05, 0) is 12.3 Å². The van der Waals surface area contributed by atoms with Crippen LogP contribution in [0.3, 0.4) is 0 Å². The van der Waals surface area contributed by atoms with Crippen molar-refractivity contribution in [1.29, 1.82) is 0 Å². The standard InChI is InChI=1S/C14H19NS/c1-11(2)13-9-12-7-5-3-4-6-8-14(12)15(16)10-13/h3-8,10-12,14,16H,9H2,1-2H3/b4-3-,7-5?,8-6-. The lowest BCUT2D eigenvalue weighted by atomic mass is 9.84. The Labute approximate surface area is 104 Å². The third-order valence-electron chi connectivity index (χ3n) is 3.26. The lowest BCUT2D eigenvalue weighted by Gasteiger charge is -2.36. The molecule has 0 aromatic carbocycles. The van der Waals surface area contributed by atoms with Gasteiger partial charge in [-0.15, -0.1) is 0 Å². The smallest absolute Gasteiger partial charge is 0.0646 e. The monoisotopic (exact) mass is 233 g/mol. The molecule has 16 heavy (non-hydrogen) atoms. The van der Waals surface area contributed by atoms with Crippen LogP contribution in [0.25, 0.3) is 0 Å². The molecule has 1 heterocycles. The number of hydrogen-bond acceptors (Lipinski definition) is 2. The van der Waals surface area contributed by atoms with Gasteiger partial charge in [-0.2, -0.15) is 0 Å². The topological polar surface area (TPSA) is 3.24 Å². The van der Waals surface area contributed by atoms with Gasteiger partial charge in [0, 0.05) is 12.1 Å². The predicted octanol–water partition coefficient (Wildman–Crippen LogP) is 3.74. The molecule has 0 aromatic heterocycles. The molecule has 2 atom stereocenters. The molecule has 1 nitrogen and oxygen atoms in total. The van der Waals surface area contributed by atoms with E-state index in [1.807, 2.05) is 4.31 Å². The highest BCUT2D eigenvalue weighted by atomic mass is 32.1. The molecule has 2 heteroatoms. The summed E-state index contributed by atoms with van der Waals surface area (Å²) in [6.45, 7) is 4.49. The maximum Gasteiger partial charge on any atom is 0.0646 e. The van der Waals surface area contributed by atoms with Crippen molar-refractivity contribution in [3.63, 3.8) is 0 Å². The average molecular weight is 233 g/mol. The van der Waals surface area contributed by atoms with Gasteiger partial charge in [0.1, 0.15) is 0 Å². The second kappa shape index (κ2) is 4.96. The predicted molar refractivity (Wildman–Crippen MR) is 73.1 cm³/mol. The molecule has 0 bridgehead atoms. The van der Waals surface area contributed by atoms with Crippen molar-refractivity contribution < 1.29 is 0 Å². The summed E-state index contributed by atoms with van der Waals surface area (Å²) >= 11 is 4.57. The lowest BCUT2D eigenvalue weighted by Crippen LogP contribution is -2.33. The summed E-state index contributed by atoms with van der Waals surface area (Å²) in [5, 5.41) is 0. The molecule has 0 N–H and O–H groups in total. The molecule has 2 aliphatic rings. The molecular weight excluding hydrogens is 214 g/mol. The Hall–Kier alpha value is -0.890. The number of hydrogen-bond donors (Lipinski definition) is 1. The summed E-state index contributed by atoms with van der Waals surface area (Å²) in [6.07, 6.45) is 16.3. The second-order valence-corrected chi connectivity index (χ2v) is 5.21. The summed E-state index contributed by atoms with van der Waals surface area (Å²) in [5.74, 6) is 1.15. The zero-order valence-electron chi connectivity index (χ0n) is 9.88. The van der Waals surface area contributed by atoms with Crippen LogP contribution >= 0.6 is 12.8 Å². The van der Waals surface area contributed by atoms with Crippen molar-refractivity contribution in [2.75, 3.05) is 0 Å². The van der Waals surface area contributed by atoms with Gasteiger partial charge in [0.2, 0.25) is 0 Å². The Balaban J connectivity index is 2.26. The Morgan fingerprint density at radius 1 is 1.19 bits per heavy atom. The van der Waals surface area contributed by atoms with Crippen LogP contribution < -0.4 is 0 Å². The van der Waals surface area contributed by atoms with Crippen molar-refractivity contribution >= 4 is 12.8 Å². The third kappa shape index (κ3) is 2.43. The summed E-state index contributed by atoms with van der Waals surface area (Å²) < 4.78 is 2.05. The number of fused-ring (bicyclic) bond motifs is 1. The first-order chi connectivity index (χ1) is 7.68. The van der Waals surface area contributed by atoms with Crippen LogP contribution in [0.1, 0.15) is 20.3 Å². The molecule has 0 radical (unpaired) electrons. The van der Waals surface area contributed by atoms with Crippen LogP contribution in [0.4, 0.5) is 0 Å². The second-order valence-electron chi connectivity index (χ2n) is 4.75. The van der Waals surface area contributed by atoms with Crippen LogP contribution in [-0.4, -0.2) is 10.3 Å². The molecule has 0 spiro atoms. The number of thiol groups is 1. The van der Waals surface area contributed by atoms with Gasteiger partial charge in [-0.3, -0.25) is 0 Å².